The van der Waals surface area contributed by atoms with E-state index in [1.165, 1.54) is 4.90 Å². The molecule has 7 heteroatoms. The van der Waals surface area contributed by atoms with Crippen LogP contribution in [0.2, 0.25) is 0 Å². The second-order valence-electron chi connectivity index (χ2n) is 7.28. The van der Waals surface area contributed by atoms with Crippen molar-refractivity contribution in [1.82, 2.24) is 10.2 Å². The molecule has 1 N–H and O–H groups in total. The van der Waals surface area contributed by atoms with Crippen LogP contribution >= 0.6 is 0 Å². The van der Waals surface area contributed by atoms with E-state index in [-0.39, 0.29) is 24.5 Å². The molecule has 0 spiro atoms. The highest BCUT2D eigenvalue weighted by Crippen LogP contribution is 2.30. The molecule has 0 saturated carbocycles. The average Bonchev–Trinajstić information content (AvgIpc) is 2.88. The lowest BCUT2D eigenvalue weighted by molar-refractivity contribution is -0.136. The van der Waals surface area contributed by atoms with Crippen molar-refractivity contribution in [2.75, 3.05) is 6.54 Å². The third-order valence-electron chi connectivity index (χ3n) is 4.10. The monoisotopic (exact) mass is 346 g/mol. The maximum absolute atomic E-state index is 12.2. The number of rotatable bonds is 3. The highest BCUT2D eigenvalue weighted by atomic mass is 16.6. The minimum absolute atomic E-state index is 0.226. The summed E-state index contributed by atoms with van der Waals surface area (Å²) in [5, 5.41) is 2.27. The van der Waals surface area contributed by atoms with E-state index < -0.39 is 24.1 Å². The molecule has 2 saturated heterocycles. The van der Waals surface area contributed by atoms with Crippen LogP contribution in [-0.2, 0) is 14.3 Å². The van der Waals surface area contributed by atoms with Crippen molar-refractivity contribution in [2.45, 2.75) is 51.4 Å². The Morgan fingerprint density at radius 1 is 1.16 bits per heavy atom. The lowest BCUT2D eigenvalue weighted by Gasteiger charge is -2.27. The van der Waals surface area contributed by atoms with Gasteiger partial charge in [-0.25, -0.2) is 4.79 Å². The van der Waals surface area contributed by atoms with Crippen LogP contribution in [0.4, 0.5) is 4.79 Å². The number of nitrogens with one attached hydrogen (secondary N) is 1. The minimum Gasteiger partial charge on any atom is -0.488 e. The SMILES string of the molecule is CC(C)(C)Oc1ccc([C@H]2CN(C3CCC(=O)NC3=O)C(=O)O2)cc1. The predicted octanol–water partition coefficient (Wildman–Crippen LogP) is 2.16. The molecule has 7 nitrogen and oxygen atoms in total. The fraction of sp³-hybridized carbons (Fsp3) is 0.500. The van der Waals surface area contributed by atoms with Crippen molar-refractivity contribution in [1.29, 1.82) is 0 Å². The van der Waals surface area contributed by atoms with Gasteiger partial charge in [0.15, 0.2) is 0 Å². The fourth-order valence-corrected chi connectivity index (χ4v) is 2.99. The van der Waals surface area contributed by atoms with Gasteiger partial charge in [-0.15, -0.1) is 0 Å². The van der Waals surface area contributed by atoms with Crippen LogP contribution in [0.5, 0.6) is 5.75 Å². The van der Waals surface area contributed by atoms with E-state index in [9.17, 15) is 14.4 Å². The first-order chi connectivity index (χ1) is 11.7. The van der Waals surface area contributed by atoms with E-state index >= 15 is 0 Å². The topological polar surface area (TPSA) is 84.9 Å². The first-order valence-electron chi connectivity index (χ1n) is 8.33. The van der Waals surface area contributed by atoms with Crippen molar-refractivity contribution >= 4 is 17.9 Å². The summed E-state index contributed by atoms with van der Waals surface area (Å²) >= 11 is 0. The van der Waals surface area contributed by atoms with Gasteiger partial charge in [0, 0.05) is 6.42 Å². The molecule has 2 aliphatic rings. The number of carbonyl (C=O) groups excluding carboxylic acids is 3. The zero-order valence-corrected chi connectivity index (χ0v) is 14.6. The minimum atomic E-state index is -0.654. The molecule has 25 heavy (non-hydrogen) atoms. The van der Waals surface area contributed by atoms with E-state index in [4.69, 9.17) is 9.47 Å². The first-order valence-corrected chi connectivity index (χ1v) is 8.33. The first kappa shape index (κ1) is 17.3. The normalized spacial score (nSPS) is 24.1. The van der Waals surface area contributed by atoms with Gasteiger partial charge >= 0.3 is 6.09 Å². The number of ether oxygens (including phenoxy) is 2. The molecule has 0 radical (unpaired) electrons. The standard InChI is InChI=1S/C18H22N2O5/c1-18(2,3)25-12-6-4-11(5-7-12)14-10-20(17(23)24-14)13-8-9-15(21)19-16(13)22/h4-7,13-14H,8-10H2,1-3H3,(H,19,21,22)/t13?,14-/m1/s1. The summed E-state index contributed by atoms with van der Waals surface area (Å²) in [6, 6.07) is 6.73. The number of benzene rings is 1. The second-order valence-corrected chi connectivity index (χ2v) is 7.28. The van der Waals surface area contributed by atoms with Crippen molar-refractivity contribution in [2.24, 2.45) is 0 Å². The van der Waals surface area contributed by atoms with E-state index in [0.29, 0.717) is 6.42 Å². The summed E-state index contributed by atoms with van der Waals surface area (Å²) in [5.74, 6) is -0.00910. The smallest absolute Gasteiger partial charge is 0.411 e. The molecule has 0 aromatic heterocycles. The van der Waals surface area contributed by atoms with E-state index in [1.54, 1.807) is 0 Å². The van der Waals surface area contributed by atoms with Crippen molar-refractivity contribution in [3.63, 3.8) is 0 Å². The highest BCUT2D eigenvalue weighted by Gasteiger charge is 2.41. The largest absolute Gasteiger partial charge is 0.488 e. The van der Waals surface area contributed by atoms with Crippen molar-refractivity contribution in [3.8, 4) is 5.75 Å². The van der Waals surface area contributed by atoms with Crippen LogP contribution in [0.15, 0.2) is 24.3 Å². The van der Waals surface area contributed by atoms with Crippen LogP contribution in [0.25, 0.3) is 0 Å². The summed E-state index contributed by atoms with van der Waals surface area (Å²) in [6.45, 7) is 6.19. The molecule has 3 amide bonds. The van der Waals surface area contributed by atoms with Gasteiger partial charge < -0.3 is 9.47 Å². The number of hydrogen-bond donors (Lipinski definition) is 1. The Hall–Kier alpha value is -2.57. The van der Waals surface area contributed by atoms with Gasteiger partial charge in [-0.1, -0.05) is 12.1 Å². The average molecular weight is 346 g/mol. The maximum atomic E-state index is 12.2. The summed E-state index contributed by atoms with van der Waals surface area (Å²) in [4.78, 5) is 36.8. The Kier molecular flexibility index (Phi) is 4.41. The number of hydrogen-bond acceptors (Lipinski definition) is 5. The zero-order chi connectivity index (χ0) is 18.2. The van der Waals surface area contributed by atoms with Gasteiger partial charge in [-0.05, 0) is 44.9 Å². The number of piperidine rings is 1. The summed E-state index contributed by atoms with van der Waals surface area (Å²) in [5.41, 5.74) is 0.550. The molecule has 0 aliphatic carbocycles. The second kappa shape index (κ2) is 6.38. The van der Waals surface area contributed by atoms with E-state index in [2.05, 4.69) is 5.32 Å². The lowest BCUT2D eigenvalue weighted by atomic mass is 10.0. The molecule has 1 aromatic carbocycles. The van der Waals surface area contributed by atoms with Gasteiger partial charge in [0.25, 0.3) is 0 Å². The summed E-state index contributed by atoms with van der Waals surface area (Å²) in [6.07, 6.45) is -0.426. The van der Waals surface area contributed by atoms with E-state index in [0.717, 1.165) is 11.3 Å². The summed E-state index contributed by atoms with van der Waals surface area (Å²) in [7, 11) is 0. The predicted molar refractivity (Wildman–Crippen MR) is 88.9 cm³/mol. The fourth-order valence-electron chi connectivity index (χ4n) is 2.99. The number of nitrogens with zero attached hydrogens (tertiary/aromatic N) is 1. The number of carbonyl (C=O) groups is 3. The lowest BCUT2D eigenvalue weighted by Crippen LogP contribution is -2.52. The molecule has 1 aromatic rings. The number of cyclic esters (lactones) is 1. The Balaban J connectivity index is 1.68. The maximum Gasteiger partial charge on any atom is 0.411 e. The van der Waals surface area contributed by atoms with Crippen LogP contribution < -0.4 is 10.1 Å². The van der Waals surface area contributed by atoms with Gasteiger partial charge in [-0.3, -0.25) is 19.8 Å². The molecule has 134 valence electrons. The van der Waals surface area contributed by atoms with Gasteiger partial charge in [0.05, 0.1) is 6.54 Å². The van der Waals surface area contributed by atoms with Gasteiger partial charge in [-0.2, -0.15) is 0 Å². The molecule has 2 fully saturated rings. The van der Waals surface area contributed by atoms with Crippen molar-refractivity contribution < 1.29 is 23.9 Å². The molecule has 1 unspecified atom stereocenters. The Morgan fingerprint density at radius 2 is 1.84 bits per heavy atom. The molecule has 2 heterocycles. The summed E-state index contributed by atoms with van der Waals surface area (Å²) < 4.78 is 11.2. The zero-order valence-electron chi connectivity index (χ0n) is 14.6. The number of amides is 3. The Labute approximate surface area is 146 Å². The third-order valence-corrected chi connectivity index (χ3v) is 4.10. The Bertz CT molecular complexity index is 692. The quantitative estimate of drug-likeness (QED) is 0.848. The molecular formula is C18H22N2O5. The molecule has 0 bridgehead atoms. The highest BCUT2D eigenvalue weighted by molar-refractivity contribution is 6.01. The molecular weight excluding hydrogens is 324 g/mol. The van der Waals surface area contributed by atoms with Crippen molar-refractivity contribution in [3.05, 3.63) is 29.8 Å². The number of imide groups is 1. The van der Waals surface area contributed by atoms with E-state index in [1.807, 2.05) is 45.0 Å². The molecule has 2 atom stereocenters. The van der Waals surface area contributed by atoms with Gasteiger partial charge in [0.1, 0.15) is 23.5 Å². The van der Waals surface area contributed by atoms with Crippen LogP contribution in [0, 0.1) is 0 Å². The van der Waals surface area contributed by atoms with Crippen LogP contribution in [-0.4, -0.2) is 41.0 Å². The molecule has 3 rings (SSSR count). The molecule has 2 aliphatic heterocycles. The van der Waals surface area contributed by atoms with Crippen LogP contribution in [0.1, 0.15) is 45.3 Å². The third kappa shape index (κ3) is 3.92. The Morgan fingerprint density at radius 3 is 2.44 bits per heavy atom. The van der Waals surface area contributed by atoms with Gasteiger partial charge in [0.2, 0.25) is 11.8 Å². The van der Waals surface area contributed by atoms with Crippen LogP contribution in [0.3, 0.4) is 0 Å².